The van der Waals surface area contributed by atoms with Crippen molar-refractivity contribution in [1.82, 2.24) is 4.90 Å². The number of aryl methyl sites for hydroxylation is 2. The lowest BCUT2D eigenvalue weighted by Gasteiger charge is -2.37. The average Bonchev–Trinajstić information content (AvgIpc) is 2.88. The van der Waals surface area contributed by atoms with Crippen molar-refractivity contribution < 1.29 is 14.6 Å². The summed E-state index contributed by atoms with van der Waals surface area (Å²) in [6.45, 7) is 6.56. The summed E-state index contributed by atoms with van der Waals surface area (Å²) >= 11 is 0. The first-order chi connectivity index (χ1) is 16.6. The van der Waals surface area contributed by atoms with Gasteiger partial charge in [0.25, 0.3) is 0 Å². The van der Waals surface area contributed by atoms with Crippen LogP contribution >= 0.6 is 0 Å². The van der Waals surface area contributed by atoms with Crippen molar-refractivity contribution in [2.45, 2.75) is 25.9 Å². The predicted octanol–water partition coefficient (Wildman–Crippen LogP) is 4.37. The molecule has 4 rings (SSSR count). The van der Waals surface area contributed by atoms with Crippen molar-refractivity contribution in [2.24, 2.45) is 0 Å². The summed E-state index contributed by atoms with van der Waals surface area (Å²) in [6.07, 6.45) is 0.515. The second-order valence-electron chi connectivity index (χ2n) is 8.94. The minimum Gasteiger partial charge on any atom is -0.490 e. The molecular weight excluding hydrogens is 424 g/mol. The van der Waals surface area contributed by atoms with Crippen molar-refractivity contribution in [3.05, 3.63) is 95.6 Å². The van der Waals surface area contributed by atoms with Crippen LogP contribution in [0.25, 0.3) is 0 Å². The molecule has 0 unspecified atom stereocenters. The highest BCUT2D eigenvalue weighted by molar-refractivity contribution is 5.98. The number of hydrogen-bond donors (Lipinski definition) is 1. The zero-order valence-electron chi connectivity index (χ0n) is 19.9. The smallest absolute Gasteiger partial charge is 0.166 e. The van der Waals surface area contributed by atoms with Crippen molar-refractivity contribution in [2.75, 3.05) is 44.2 Å². The number of anilines is 1. The molecule has 1 atom stereocenters. The molecule has 0 bridgehead atoms. The zero-order valence-corrected chi connectivity index (χ0v) is 19.9. The van der Waals surface area contributed by atoms with Gasteiger partial charge < -0.3 is 14.7 Å². The van der Waals surface area contributed by atoms with E-state index in [4.69, 9.17) is 4.74 Å². The number of ketones is 1. The summed E-state index contributed by atoms with van der Waals surface area (Å²) in [7, 11) is 0. The van der Waals surface area contributed by atoms with Crippen LogP contribution in [-0.2, 0) is 6.42 Å². The maximum Gasteiger partial charge on any atom is 0.166 e. The van der Waals surface area contributed by atoms with E-state index in [-0.39, 0.29) is 12.4 Å². The molecule has 1 N–H and O–H groups in total. The number of piperazine rings is 1. The quantitative estimate of drug-likeness (QED) is 0.457. The van der Waals surface area contributed by atoms with E-state index in [9.17, 15) is 9.90 Å². The Morgan fingerprint density at radius 3 is 2.35 bits per heavy atom. The van der Waals surface area contributed by atoms with Gasteiger partial charge in [-0.25, -0.2) is 0 Å². The highest BCUT2D eigenvalue weighted by Gasteiger charge is 2.21. The molecule has 0 aromatic heterocycles. The van der Waals surface area contributed by atoms with Crippen LogP contribution in [0, 0.1) is 6.92 Å². The number of Topliss-reactive ketones (excluding diaryl/α,β-unsaturated/α-hetero) is 1. The number of aliphatic hydroxyl groups excluding tert-OH is 1. The number of rotatable bonds is 10. The first-order valence-corrected chi connectivity index (χ1v) is 12.1. The van der Waals surface area contributed by atoms with E-state index in [0.717, 1.165) is 31.7 Å². The Bertz CT molecular complexity index is 1060. The van der Waals surface area contributed by atoms with Gasteiger partial charge in [-0.3, -0.25) is 9.69 Å². The fourth-order valence-electron chi connectivity index (χ4n) is 4.49. The molecule has 1 heterocycles. The third-order valence-electron chi connectivity index (χ3n) is 6.40. The van der Waals surface area contributed by atoms with Crippen LogP contribution in [0.4, 0.5) is 5.69 Å². The van der Waals surface area contributed by atoms with Gasteiger partial charge in [0.05, 0.1) is 5.56 Å². The first kappa shape index (κ1) is 24.0. The number of carbonyl (C=O) groups is 1. The predicted molar refractivity (Wildman–Crippen MR) is 137 cm³/mol. The highest BCUT2D eigenvalue weighted by atomic mass is 16.5. The number of benzene rings is 3. The van der Waals surface area contributed by atoms with Crippen molar-refractivity contribution >= 4 is 11.5 Å². The molecule has 0 radical (unpaired) electrons. The molecule has 1 aliphatic rings. The molecule has 5 nitrogen and oxygen atoms in total. The number of aliphatic hydroxyl groups is 1. The van der Waals surface area contributed by atoms with Gasteiger partial charge in [0.2, 0.25) is 0 Å². The van der Waals surface area contributed by atoms with E-state index in [0.29, 0.717) is 30.7 Å². The lowest BCUT2D eigenvalue weighted by molar-refractivity contribution is 0.0655. The third-order valence-corrected chi connectivity index (χ3v) is 6.40. The van der Waals surface area contributed by atoms with E-state index in [1.807, 2.05) is 48.5 Å². The Balaban J connectivity index is 1.25. The van der Waals surface area contributed by atoms with Gasteiger partial charge in [0.1, 0.15) is 18.5 Å². The molecule has 0 spiro atoms. The van der Waals surface area contributed by atoms with Gasteiger partial charge in [0, 0.05) is 44.8 Å². The monoisotopic (exact) mass is 458 g/mol. The highest BCUT2D eigenvalue weighted by Crippen LogP contribution is 2.22. The fraction of sp³-hybridized carbons (Fsp3) is 0.345. The standard InChI is InChI=1S/C29H34N2O3/c1-23-9-5-7-13-27(23)31-19-17-30(18-20-31)21-25(32)22-34-29-14-8-6-12-26(29)28(33)16-15-24-10-3-2-4-11-24/h2-14,25,32H,15-22H2,1H3/t25-/m1/s1. The summed E-state index contributed by atoms with van der Waals surface area (Å²) < 4.78 is 5.91. The van der Waals surface area contributed by atoms with E-state index in [1.54, 1.807) is 6.07 Å². The number of β-amino-alcohol motifs (C(OH)–C–C–N with tert-alkyl or cyclic N) is 1. The molecule has 1 saturated heterocycles. The second-order valence-corrected chi connectivity index (χ2v) is 8.94. The number of hydrogen-bond acceptors (Lipinski definition) is 5. The van der Waals surface area contributed by atoms with E-state index >= 15 is 0 Å². The van der Waals surface area contributed by atoms with Crippen molar-refractivity contribution in [3.8, 4) is 5.75 Å². The van der Waals surface area contributed by atoms with Crippen LogP contribution < -0.4 is 9.64 Å². The molecule has 0 saturated carbocycles. The summed E-state index contributed by atoms with van der Waals surface area (Å²) in [5, 5.41) is 10.6. The summed E-state index contributed by atoms with van der Waals surface area (Å²) in [4.78, 5) is 17.5. The van der Waals surface area contributed by atoms with Crippen LogP contribution in [0.3, 0.4) is 0 Å². The number of para-hydroxylation sites is 2. The van der Waals surface area contributed by atoms with Gasteiger partial charge in [0.15, 0.2) is 5.78 Å². The normalized spacial score (nSPS) is 15.2. The van der Waals surface area contributed by atoms with Crippen LogP contribution in [0.1, 0.15) is 27.9 Å². The molecule has 1 fully saturated rings. The Kier molecular flexibility index (Phi) is 8.34. The molecule has 178 valence electrons. The van der Waals surface area contributed by atoms with E-state index in [1.165, 1.54) is 11.3 Å². The molecule has 0 aliphatic carbocycles. The van der Waals surface area contributed by atoms with Crippen LogP contribution in [0.5, 0.6) is 5.75 Å². The maximum absolute atomic E-state index is 12.8. The van der Waals surface area contributed by atoms with E-state index in [2.05, 4.69) is 41.0 Å². The molecular formula is C29H34N2O3. The number of carbonyl (C=O) groups excluding carboxylic acids is 1. The number of nitrogens with zero attached hydrogens (tertiary/aromatic N) is 2. The molecule has 5 heteroatoms. The fourth-order valence-corrected chi connectivity index (χ4v) is 4.49. The lowest BCUT2D eigenvalue weighted by atomic mass is 10.0. The minimum absolute atomic E-state index is 0.0567. The SMILES string of the molecule is Cc1ccccc1N1CCN(C[C@@H](O)COc2ccccc2C(=O)CCc2ccccc2)CC1. The van der Waals surface area contributed by atoms with Crippen molar-refractivity contribution in [3.63, 3.8) is 0 Å². The van der Waals surface area contributed by atoms with Gasteiger partial charge in [-0.2, -0.15) is 0 Å². The Morgan fingerprint density at radius 1 is 0.912 bits per heavy atom. The zero-order chi connectivity index (χ0) is 23.8. The summed E-state index contributed by atoms with van der Waals surface area (Å²) in [5.41, 5.74) is 4.31. The second kappa shape index (κ2) is 11.8. The van der Waals surface area contributed by atoms with Crippen LogP contribution in [0.15, 0.2) is 78.9 Å². The van der Waals surface area contributed by atoms with E-state index < -0.39 is 6.10 Å². The van der Waals surface area contributed by atoms with Gasteiger partial charge in [-0.1, -0.05) is 60.7 Å². The van der Waals surface area contributed by atoms with Crippen LogP contribution in [0.2, 0.25) is 0 Å². The third kappa shape index (κ3) is 6.46. The first-order valence-electron chi connectivity index (χ1n) is 12.1. The molecule has 3 aromatic rings. The van der Waals surface area contributed by atoms with Crippen molar-refractivity contribution in [1.29, 1.82) is 0 Å². The Labute approximate surface area is 202 Å². The van der Waals surface area contributed by atoms with Crippen LogP contribution in [-0.4, -0.2) is 61.2 Å². The Hall–Kier alpha value is -3.15. The van der Waals surface area contributed by atoms with Gasteiger partial charge in [-0.15, -0.1) is 0 Å². The maximum atomic E-state index is 12.8. The average molecular weight is 459 g/mol. The molecule has 1 aliphatic heterocycles. The molecule has 0 amide bonds. The topological polar surface area (TPSA) is 53.0 Å². The van der Waals surface area contributed by atoms with Gasteiger partial charge >= 0.3 is 0 Å². The molecule has 34 heavy (non-hydrogen) atoms. The molecule has 3 aromatic carbocycles. The summed E-state index contributed by atoms with van der Waals surface area (Å²) in [5.74, 6) is 0.602. The lowest BCUT2D eigenvalue weighted by Crippen LogP contribution is -2.49. The largest absolute Gasteiger partial charge is 0.490 e. The number of ether oxygens (including phenoxy) is 1. The minimum atomic E-state index is -0.613. The van der Waals surface area contributed by atoms with Gasteiger partial charge in [-0.05, 0) is 42.7 Å². The Morgan fingerprint density at radius 2 is 1.59 bits per heavy atom. The summed E-state index contributed by atoms with van der Waals surface area (Å²) in [6, 6.07) is 25.8.